The maximum atomic E-state index is 12.5. The highest BCUT2D eigenvalue weighted by Crippen LogP contribution is 2.14. The minimum atomic E-state index is 0.0664. The molecule has 0 bridgehead atoms. The van der Waals surface area contributed by atoms with E-state index in [1.807, 2.05) is 4.90 Å². The predicted molar refractivity (Wildman–Crippen MR) is 78.9 cm³/mol. The van der Waals surface area contributed by atoms with Gasteiger partial charge < -0.3 is 9.64 Å². The van der Waals surface area contributed by atoms with Gasteiger partial charge >= 0.3 is 0 Å². The third-order valence-corrected chi connectivity index (χ3v) is 4.52. The van der Waals surface area contributed by atoms with Crippen LogP contribution in [0.3, 0.4) is 0 Å². The summed E-state index contributed by atoms with van der Waals surface area (Å²) in [6.45, 7) is 4.57. The molecule has 8 heteroatoms. The largest absolute Gasteiger partial charge is 0.380 e. The van der Waals surface area contributed by atoms with Gasteiger partial charge in [0.05, 0.1) is 12.6 Å². The Morgan fingerprint density at radius 1 is 1.27 bits per heavy atom. The highest BCUT2D eigenvalue weighted by molar-refractivity contribution is 5.76. The zero-order valence-electron chi connectivity index (χ0n) is 13.1. The Balaban J connectivity index is 1.58. The molecule has 0 spiro atoms. The third-order valence-electron chi connectivity index (χ3n) is 4.52. The second kappa shape index (κ2) is 7.15. The topological polar surface area (TPSA) is 76.4 Å². The lowest BCUT2D eigenvalue weighted by atomic mass is 10.1. The lowest BCUT2D eigenvalue weighted by Gasteiger charge is -2.31. The van der Waals surface area contributed by atoms with Crippen molar-refractivity contribution in [2.45, 2.75) is 44.9 Å². The van der Waals surface area contributed by atoms with Crippen LogP contribution in [0, 0.1) is 0 Å². The number of rotatable bonds is 5. The molecule has 0 radical (unpaired) electrons. The second-order valence-electron chi connectivity index (χ2n) is 6.08. The fourth-order valence-electron chi connectivity index (χ4n) is 3.19. The zero-order valence-corrected chi connectivity index (χ0v) is 13.1. The maximum Gasteiger partial charge on any atom is 0.244 e. The highest BCUT2D eigenvalue weighted by Gasteiger charge is 2.25. The van der Waals surface area contributed by atoms with Gasteiger partial charge in [0, 0.05) is 20.2 Å². The molecule has 0 unspecified atom stereocenters. The van der Waals surface area contributed by atoms with E-state index in [0.717, 1.165) is 44.8 Å². The molecular weight excluding hydrogens is 284 g/mol. The molecule has 8 nitrogen and oxygen atoms in total. The molecule has 1 atom stereocenters. The van der Waals surface area contributed by atoms with Crippen molar-refractivity contribution < 1.29 is 9.53 Å². The van der Waals surface area contributed by atoms with E-state index >= 15 is 0 Å². The van der Waals surface area contributed by atoms with Gasteiger partial charge in [-0.3, -0.25) is 9.69 Å². The van der Waals surface area contributed by atoms with Gasteiger partial charge in [-0.1, -0.05) is 0 Å². The van der Waals surface area contributed by atoms with Crippen LogP contribution in [0.5, 0.6) is 0 Å². The molecule has 0 aliphatic carbocycles. The Labute approximate surface area is 130 Å². The van der Waals surface area contributed by atoms with Crippen molar-refractivity contribution in [2.75, 3.05) is 33.3 Å². The first-order valence-corrected chi connectivity index (χ1v) is 8.04. The first-order valence-electron chi connectivity index (χ1n) is 8.04. The Kier molecular flexibility index (Phi) is 4.99. The van der Waals surface area contributed by atoms with Crippen LogP contribution in [0.25, 0.3) is 0 Å². The van der Waals surface area contributed by atoms with E-state index in [1.165, 1.54) is 12.8 Å². The predicted octanol–water partition coefficient (Wildman–Crippen LogP) is -0.0937. The van der Waals surface area contributed by atoms with Crippen molar-refractivity contribution in [3.05, 3.63) is 5.82 Å². The summed E-state index contributed by atoms with van der Waals surface area (Å²) >= 11 is 0. The summed E-state index contributed by atoms with van der Waals surface area (Å²) < 4.78 is 7.01. The Morgan fingerprint density at radius 3 is 2.86 bits per heavy atom. The number of carbonyl (C=O) groups excluding carboxylic acids is 1. The van der Waals surface area contributed by atoms with Crippen LogP contribution in [-0.4, -0.2) is 75.3 Å². The maximum absolute atomic E-state index is 12.5. The third kappa shape index (κ3) is 3.61. The number of likely N-dealkylation sites (tertiary alicyclic amines) is 2. The number of ether oxygens (including phenoxy) is 1. The number of hydrogen-bond acceptors (Lipinski definition) is 6. The molecule has 2 aliphatic rings. The van der Waals surface area contributed by atoms with E-state index < -0.39 is 0 Å². The van der Waals surface area contributed by atoms with Crippen LogP contribution in [0.15, 0.2) is 0 Å². The number of aromatic nitrogens is 4. The summed E-state index contributed by atoms with van der Waals surface area (Å²) in [5.41, 5.74) is 0. The van der Waals surface area contributed by atoms with E-state index in [-0.39, 0.29) is 18.6 Å². The van der Waals surface area contributed by atoms with Crippen LogP contribution in [-0.2, 0) is 22.6 Å². The number of methoxy groups -OCH3 is 1. The van der Waals surface area contributed by atoms with Gasteiger partial charge in [-0.05, 0) is 49.2 Å². The minimum Gasteiger partial charge on any atom is -0.380 e. The highest BCUT2D eigenvalue weighted by atomic mass is 16.5. The average molecular weight is 308 g/mol. The molecule has 2 fully saturated rings. The van der Waals surface area contributed by atoms with E-state index in [2.05, 4.69) is 20.4 Å². The van der Waals surface area contributed by atoms with Gasteiger partial charge in [0.2, 0.25) is 5.91 Å². The monoisotopic (exact) mass is 308 g/mol. The molecule has 3 rings (SSSR count). The van der Waals surface area contributed by atoms with Gasteiger partial charge in [-0.2, -0.15) is 0 Å². The normalized spacial score (nSPS) is 23.1. The Hall–Kier alpha value is -1.54. The average Bonchev–Trinajstić information content (AvgIpc) is 3.20. The van der Waals surface area contributed by atoms with Crippen LogP contribution >= 0.6 is 0 Å². The molecule has 1 aromatic heterocycles. The van der Waals surface area contributed by atoms with Crippen LogP contribution in [0.2, 0.25) is 0 Å². The molecule has 1 amide bonds. The lowest BCUT2D eigenvalue weighted by molar-refractivity contribution is -0.135. The van der Waals surface area contributed by atoms with E-state index in [4.69, 9.17) is 4.74 Å². The summed E-state index contributed by atoms with van der Waals surface area (Å²) in [7, 11) is 1.70. The van der Waals surface area contributed by atoms with Gasteiger partial charge in [-0.25, -0.2) is 4.68 Å². The van der Waals surface area contributed by atoms with Crippen molar-refractivity contribution in [2.24, 2.45) is 0 Å². The second-order valence-corrected chi connectivity index (χ2v) is 6.08. The van der Waals surface area contributed by atoms with Crippen LogP contribution in [0.4, 0.5) is 0 Å². The number of carbonyl (C=O) groups is 1. The fraction of sp³-hybridized carbons (Fsp3) is 0.857. The molecule has 0 saturated carbocycles. The number of amides is 1. The van der Waals surface area contributed by atoms with E-state index in [0.29, 0.717) is 6.54 Å². The van der Waals surface area contributed by atoms with Crippen molar-refractivity contribution in [1.82, 2.24) is 30.0 Å². The Morgan fingerprint density at radius 2 is 2.09 bits per heavy atom. The lowest BCUT2D eigenvalue weighted by Crippen LogP contribution is -2.44. The van der Waals surface area contributed by atoms with Gasteiger partial charge in [0.1, 0.15) is 6.54 Å². The molecule has 2 aliphatic heterocycles. The number of hydrogen-bond donors (Lipinski definition) is 0. The number of piperidine rings is 1. The summed E-state index contributed by atoms with van der Waals surface area (Å²) in [5, 5.41) is 11.8. The zero-order chi connectivity index (χ0) is 15.4. The standard InChI is InChI=1S/C14H24N6O2/c1-22-12-5-4-8-19(9-12)14(21)11-20-13(15-16-17-20)10-18-6-2-3-7-18/h12H,2-11H2,1H3/t12-/m0/s1. The van der Waals surface area contributed by atoms with Crippen LogP contribution in [0.1, 0.15) is 31.5 Å². The van der Waals surface area contributed by atoms with Crippen molar-refractivity contribution in [3.63, 3.8) is 0 Å². The molecular formula is C14H24N6O2. The molecule has 0 aromatic carbocycles. The minimum absolute atomic E-state index is 0.0664. The molecule has 3 heterocycles. The fourth-order valence-corrected chi connectivity index (χ4v) is 3.19. The van der Waals surface area contributed by atoms with Crippen LogP contribution < -0.4 is 0 Å². The molecule has 0 N–H and O–H groups in total. The summed E-state index contributed by atoms with van der Waals surface area (Å²) in [6, 6.07) is 0. The molecule has 22 heavy (non-hydrogen) atoms. The quantitative estimate of drug-likeness (QED) is 0.756. The summed E-state index contributed by atoms with van der Waals surface area (Å²) in [6.07, 6.45) is 4.61. The summed E-state index contributed by atoms with van der Waals surface area (Å²) in [4.78, 5) is 16.6. The van der Waals surface area contributed by atoms with E-state index in [1.54, 1.807) is 11.8 Å². The molecule has 122 valence electrons. The van der Waals surface area contributed by atoms with Crippen molar-refractivity contribution in [1.29, 1.82) is 0 Å². The van der Waals surface area contributed by atoms with Crippen molar-refractivity contribution in [3.8, 4) is 0 Å². The van der Waals surface area contributed by atoms with Crippen molar-refractivity contribution >= 4 is 5.91 Å². The first kappa shape index (κ1) is 15.4. The summed E-state index contributed by atoms with van der Waals surface area (Å²) in [5.74, 6) is 0.840. The number of tetrazole rings is 1. The van der Waals surface area contributed by atoms with Gasteiger partial charge in [0.25, 0.3) is 0 Å². The first-order chi connectivity index (χ1) is 10.8. The number of nitrogens with zero attached hydrogens (tertiary/aromatic N) is 6. The van der Waals surface area contributed by atoms with E-state index in [9.17, 15) is 4.79 Å². The molecule has 1 aromatic rings. The van der Waals surface area contributed by atoms with Gasteiger partial charge in [0.15, 0.2) is 5.82 Å². The molecule has 2 saturated heterocycles. The Bertz CT molecular complexity index is 499. The SMILES string of the molecule is CO[C@H]1CCCN(C(=O)Cn2nnnc2CN2CCCC2)C1. The smallest absolute Gasteiger partial charge is 0.244 e. The van der Waals surface area contributed by atoms with Gasteiger partial charge in [-0.15, -0.1) is 5.10 Å².